The topological polar surface area (TPSA) is 43.2 Å². The zero-order chi connectivity index (χ0) is 17.6. The van der Waals surface area contributed by atoms with Crippen molar-refractivity contribution < 1.29 is 4.74 Å². The van der Waals surface area contributed by atoms with Crippen molar-refractivity contribution >= 4 is 0 Å². The van der Waals surface area contributed by atoms with Crippen LogP contribution in [0.2, 0.25) is 0 Å². The fourth-order valence-electron chi connectivity index (χ4n) is 3.42. The van der Waals surface area contributed by atoms with Crippen LogP contribution in [0.25, 0.3) is 0 Å². The Balaban J connectivity index is 1.27. The van der Waals surface area contributed by atoms with E-state index in [0.717, 1.165) is 31.7 Å². The molecule has 2 heterocycles. The molecule has 1 unspecified atom stereocenters. The summed E-state index contributed by atoms with van der Waals surface area (Å²) < 4.78 is 7.76. The van der Waals surface area contributed by atoms with Crippen LogP contribution in [-0.2, 0) is 24.5 Å². The molecule has 134 valence electrons. The quantitative estimate of drug-likeness (QED) is 0.656. The minimum Gasteiger partial charge on any atom is -0.370 e. The maximum Gasteiger partial charge on any atom is 0.108 e. The van der Waals surface area contributed by atoms with Gasteiger partial charge < -0.3 is 4.74 Å². The first-order chi connectivity index (χ1) is 12.9. The molecule has 1 aliphatic heterocycles. The molecular formula is C21H24N4O. The Morgan fingerprint density at radius 1 is 0.923 bits per heavy atom. The van der Waals surface area contributed by atoms with Crippen molar-refractivity contribution in [2.75, 3.05) is 13.1 Å². The van der Waals surface area contributed by atoms with Crippen LogP contribution in [0.3, 0.4) is 0 Å². The Hall–Kier alpha value is -2.50. The van der Waals surface area contributed by atoms with Gasteiger partial charge in [-0.15, -0.1) is 5.10 Å². The molecule has 0 saturated carbocycles. The number of nitrogens with zero attached hydrogens (tertiary/aromatic N) is 4. The first-order valence-corrected chi connectivity index (χ1v) is 9.15. The van der Waals surface area contributed by atoms with Crippen LogP contribution in [0.4, 0.5) is 0 Å². The molecule has 1 fully saturated rings. The van der Waals surface area contributed by atoms with E-state index in [4.69, 9.17) is 4.74 Å². The Labute approximate surface area is 154 Å². The lowest BCUT2D eigenvalue weighted by Gasteiger charge is -2.15. The minimum absolute atomic E-state index is 0.397. The van der Waals surface area contributed by atoms with E-state index in [1.54, 1.807) is 0 Å². The summed E-state index contributed by atoms with van der Waals surface area (Å²) in [7, 11) is 0. The van der Waals surface area contributed by atoms with Gasteiger partial charge >= 0.3 is 0 Å². The maximum atomic E-state index is 5.76. The van der Waals surface area contributed by atoms with Crippen molar-refractivity contribution in [3.05, 3.63) is 83.7 Å². The number of benzene rings is 2. The summed E-state index contributed by atoms with van der Waals surface area (Å²) in [5, 5.41) is 8.60. The summed E-state index contributed by atoms with van der Waals surface area (Å²) in [4.78, 5) is 2.48. The molecule has 0 radical (unpaired) electrons. The van der Waals surface area contributed by atoms with Crippen molar-refractivity contribution in [3.8, 4) is 0 Å². The minimum atomic E-state index is 0.397. The lowest BCUT2D eigenvalue weighted by atomic mass is 10.2. The van der Waals surface area contributed by atoms with Gasteiger partial charge in [-0.2, -0.15) is 0 Å². The standard InChI is InChI=1S/C21H24N4O/c1-3-7-18(8-4-1)13-24-12-11-21(15-24)25-14-20(22-23-25)17-26-16-19-9-5-2-6-10-19/h1-10,14,21H,11-13,15-17H2. The predicted molar refractivity (Wildman–Crippen MR) is 100 cm³/mol. The molecule has 3 aromatic rings. The van der Waals surface area contributed by atoms with Crippen molar-refractivity contribution in [2.45, 2.75) is 32.2 Å². The lowest BCUT2D eigenvalue weighted by Crippen LogP contribution is -2.21. The first-order valence-electron chi connectivity index (χ1n) is 9.15. The lowest BCUT2D eigenvalue weighted by molar-refractivity contribution is 0.104. The molecule has 1 saturated heterocycles. The third-order valence-electron chi connectivity index (χ3n) is 4.79. The van der Waals surface area contributed by atoms with E-state index in [1.165, 1.54) is 11.1 Å². The maximum absolute atomic E-state index is 5.76. The first kappa shape index (κ1) is 16.9. The van der Waals surface area contributed by atoms with Crippen molar-refractivity contribution in [1.82, 2.24) is 19.9 Å². The van der Waals surface area contributed by atoms with E-state index < -0.39 is 0 Å². The van der Waals surface area contributed by atoms with Gasteiger partial charge in [-0.3, -0.25) is 4.90 Å². The third-order valence-corrected chi connectivity index (χ3v) is 4.79. The fraction of sp³-hybridized carbons (Fsp3) is 0.333. The molecule has 1 atom stereocenters. The van der Waals surface area contributed by atoms with Gasteiger partial charge in [0.25, 0.3) is 0 Å². The molecule has 0 bridgehead atoms. The largest absolute Gasteiger partial charge is 0.370 e. The van der Waals surface area contributed by atoms with E-state index in [2.05, 4.69) is 57.7 Å². The second kappa shape index (κ2) is 8.25. The van der Waals surface area contributed by atoms with Gasteiger partial charge in [0.15, 0.2) is 0 Å². The normalized spacial score (nSPS) is 17.6. The molecule has 0 amide bonds. The van der Waals surface area contributed by atoms with Gasteiger partial charge in [-0.25, -0.2) is 4.68 Å². The van der Waals surface area contributed by atoms with E-state index >= 15 is 0 Å². The molecule has 1 aliphatic rings. The van der Waals surface area contributed by atoms with E-state index in [9.17, 15) is 0 Å². The van der Waals surface area contributed by atoms with Crippen LogP contribution in [0.5, 0.6) is 0 Å². The molecule has 0 aliphatic carbocycles. The monoisotopic (exact) mass is 348 g/mol. The van der Waals surface area contributed by atoms with Gasteiger partial charge in [0, 0.05) is 19.6 Å². The second-order valence-electron chi connectivity index (χ2n) is 6.83. The highest BCUT2D eigenvalue weighted by Crippen LogP contribution is 2.22. The molecule has 26 heavy (non-hydrogen) atoms. The predicted octanol–water partition coefficient (Wildman–Crippen LogP) is 3.44. The van der Waals surface area contributed by atoms with Crippen LogP contribution in [-0.4, -0.2) is 33.0 Å². The van der Waals surface area contributed by atoms with Crippen LogP contribution >= 0.6 is 0 Å². The number of hydrogen-bond donors (Lipinski definition) is 0. The number of likely N-dealkylation sites (tertiary alicyclic amines) is 1. The van der Waals surface area contributed by atoms with Crippen LogP contribution in [0.15, 0.2) is 66.9 Å². The van der Waals surface area contributed by atoms with Crippen LogP contribution < -0.4 is 0 Å². The van der Waals surface area contributed by atoms with E-state index in [1.807, 2.05) is 29.1 Å². The molecule has 5 heteroatoms. The Bertz CT molecular complexity index is 803. The highest BCUT2D eigenvalue weighted by atomic mass is 16.5. The van der Waals surface area contributed by atoms with Gasteiger partial charge in [0.2, 0.25) is 0 Å². The summed E-state index contributed by atoms with van der Waals surface area (Å²) >= 11 is 0. The van der Waals surface area contributed by atoms with Crippen molar-refractivity contribution in [2.24, 2.45) is 0 Å². The molecule has 5 nitrogen and oxygen atoms in total. The Kier molecular flexibility index (Phi) is 5.38. The highest BCUT2D eigenvalue weighted by molar-refractivity contribution is 5.15. The van der Waals surface area contributed by atoms with E-state index in [-0.39, 0.29) is 0 Å². The summed E-state index contributed by atoms with van der Waals surface area (Å²) in [6, 6.07) is 21.2. The van der Waals surface area contributed by atoms with Crippen molar-refractivity contribution in [1.29, 1.82) is 0 Å². The molecule has 1 aromatic heterocycles. The molecule has 0 N–H and O–H groups in total. The third kappa shape index (κ3) is 4.36. The summed E-state index contributed by atoms with van der Waals surface area (Å²) in [5.74, 6) is 0. The number of aromatic nitrogens is 3. The van der Waals surface area contributed by atoms with Gasteiger partial charge in [0.05, 0.1) is 25.5 Å². The number of rotatable bonds is 7. The summed E-state index contributed by atoms with van der Waals surface area (Å²) in [5.41, 5.74) is 3.43. The number of ether oxygens (including phenoxy) is 1. The van der Waals surface area contributed by atoms with Gasteiger partial charge in [-0.05, 0) is 17.5 Å². The van der Waals surface area contributed by atoms with Crippen LogP contribution in [0.1, 0.15) is 29.3 Å². The van der Waals surface area contributed by atoms with Crippen molar-refractivity contribution in [3.63, 3.8) is 0 Å². The molecule has 0 spiro atoms. The average Bonchev–Trinajstić information content (AvgIpc) is 3.33. The smallest absolute Gasteiger partial charge is 0.108 e. The second-order valence-corrected chi connectivity index (χ2v) is 6.83. The molecular weight excluding hydrogens is 324 g/mol. The Morgan fingerprint density at radius 3 is 2.42 bits per heavy atom. The van der Waals surface area contributed by atoms with Gasteiger partial charge in [0.1, 0.15) is 5.69 Å². The highest BCUT2D eigenvalue weighted by Gasteiger charge is 2.24. The summed E-state index contributed by atoms with van der Waals surface area (Å²) in [6.07, 6.45) is 3.14. The zero-order valence-electron chi connectivity index (χ0n) is 14.9. The molecule has 2 aromatic carbocycles. The average molecular weight is 348 g/mol. The summed E-state index contributed by atoms with van der Waals surface area (Å²) in [6.45, 7) is 4.21. The Morgan fingerprint density at radius 2 is 1.65 bits per heavy atom. The SMILES string of the molecule is c1ccc(COCc2cn(C3CCN(Cc4ccccc4)C3)nn2)cc1. The van der Waals surface area contributed by atoms with Crippen LogP contribution in [0, 0.1) is 0 Å². The molecule has 4 rings (SSSR count). The fourth-order valence-corrected chi connectivity index (χ4v) is 3.42. The van der Waals surface area contributed by atoms with Gasteiger partial charge in [-0.1, -0.05) is 65.9 Å². The number of hydrogen-bond acceptors (Lipinski definition) is 4. The zero-order valence-corrected chi connectivity index (χ0v) is 14.9. The van der Waals surface area contributed by atoms with E-state index in [0.29, 0.717) is 19.3 Å².